The van der Waals surface area contributed by atoms with Gasteiger partial charge in [-0.25, -0.2) is 0 Å². The zero-order chi connectivity index (χ0) is 19.4. The maximum Gasteiger partial charge on any atom is 0.230 e. The second kappa shape index (κ2) is 8.43. The summed E-state index contributed by atoms with van der Waals surface area (Å²) < 4.78 is 3.88. The summed E-state index contributed by atoms with van der Waals surface area (Å²) in [5.41, 5.74) is 3.37. The van der Waals surface area contributed by atoms with Gasteiger partial charge in [-0.3, -0.25) is 9.36 Å². The molecule has 0 bridgehead atoms. The van der Waals surface area contributed by atoms with Crippen LogP contribution >= 0.6 is 11.8 Å². The van der Waals surface area contributed by atoms with E-state index in [2.05, 4.69) is 53.6 Å². The Morgan fingerprint density at radius 3 is 2.52 bits per heavy atom. The molecule has 3 aromatic rings. The summed E-state index contributed by atoms with van der Waals surface area (Å²) in [6.07, 6.45) is 5.66. The van der Waals surface area contributed by atoms with Crippen LogP contribution in [-0.2, 0) is 11.8 Å². The highest BCUT2D eigenvalue weighted by Gasteiger charge is 2.13. The van der Waals surface area contributed by atoms with Gasteiger partial charge < -0.3 is 9.88 Å². The molecule has 0 unspecified atom stereocenters. The molecule has 0 saturated heterocycles. The zero-order valence-electron chi connectivity index (χ0n) is 16.1. The summed E-state index contributed by atoms with van der Waals surface area (Å²) in [7, 11) is 1.97. The Hall–Kier alpha value is -2.54. The summed E-state index contributed by atoms with van der Waals surface area (Å²) in [5.74, 6) is 0.755. The second-order valence-corrected chi connectivity index (χ2v) is 7.86. The first-order chi connectivity index (χ1) is 12.9. The van der Waals surface area contributed by atoms with Gasteiger partial charge in [-0.15, -0.1) is 10.2 Å². The van der Waals surface area contributed by atoms with E-state index in [9.17, 15) is 4.79 Å². The predicted molar refractivity (Wildman–Crippen MR) is 108 cm³/mol. The highest BCUT2D eigenvalue weighted by Crippen LogP contribution is 2.22. The third-order valence-electron chi connectivity index (χ3n) is 4.42. The summed E-state index contributed by atoms with van der Waals surface area (Å²) >= 11 is 1.38. The van der Waals surface area contributed by atoms with Gasteiger partial charge in [0.2, 0.25) is 5.91 Å². The minimum absolute atomic E-state index is 0.0268. The molecule has 7 heteroatoms. The van der Waals surface area contributed by atoms with Crippen molar-refractivity contribution in [3.05, 3.63) is 60.2 Å². The molecule has 0 aliphatic heterocycles. The highest BCUT2D eigenvalue weighted by molar-refractivity contribution is 7.99. The van der Waals surface area contributed by atoms with E-state index in [1.807, 2.05) is 41.6 Å². The number of rotatable bonds is 7. The Bertz CT molecular complexity index is 897. The van der Waals surface area contributed by atoms with Crippen molar-refractivity contribution >= 4 is 17.7 Å². The lowest BCUT2D eigenvalue weighted by Gasteiger charge is -2.12. The monoisotopic (exact) mass is 383 g/mol. The van der Waals surface area contributed by atoms with Crippen LogP contribution in [0, 0.1) is 0 Å². The standard InChI is InChI=1S/C20H25N5OS/c1-14(2)16-5-7-18(8-6-16)25-13-21-23-20(25)27-12-19(26)22-15(3)17-9-10-24(4)11-17/h5-11,13-15H,12H2,1-4H3,(H,22,26)/t15-/m0/s1. The van der Waals surface area contributed by atoms with Gasteiger partial charge >= 0.3 is 0 Å². The van der Waals surface area contributed by atoms with E-state index < -0.39 is 0 Å². The molecule has 0 fully saturated rings. The summed E-state index contributed by atoms with van der Waals surface area (Å²) in [4.78, 5) is 12.3. The van der Waals surface area contributed by atoms with E-state index >= 15 is 0 Å². The second-order valence-electron chi connectivity index (χ2n) is 6.92. The SMILES string of the molecule is CC(C)c1ccc(-n2cnnc2SCC(=O)N[C@@H](C)c2ccn(C)c2)cc1. The minimum Gasteiger partial charge on any atom is -0.357 e. The topological polar surface area (TPSA) is 64.7 Å². The highest BCUT2D eigenvalue weighted by atomic mass is 32.2. The molecule has 1 aromatic carbocycles. The number of nitrogens with one attached hydrogen (secondary N) is 1. The number of carbonyl (C=O) groups is 1. The van der Waals surface area contributed by atoms with Crippen LogP contribution in [0.2, 0.25) is 0 Å². The normalized spacial score (nSPS) is 12.3. The third kappa shape index (κ3) is 4.80. The molecule has 142 valence electrons. The smallest absolute Gasteiger partial charge is 0.230 e. The molecule has 0 spiro atoms. The summed E-state index contributed by atoms with van der Waals surface area (Å²) in [6, 6.07) is 10.3. The van der Waals surface area contributed by atoms with Crippen LogP contribution < -0.4 is 5.32 Å². The van der Waals surface area contributed by atoms with Gasteiger partial charge in [0, 0.05) is 25.1 Å². The predicted octanol–water partition coefficient (Wildman–Crippen LogP) is 3.70. The molecule has 1 N–H and O–H groups in total. The molecular weight excluding hydrogens is 358 g/mol. The third-order valence-corrected chi connectivity index (χ3v) is 5.36. The van der Waals surface area contributed by atoms with Crippen molar-refractivity contribution in [1.29, 1.82) is 0 Å². The molecule has 6 nitrogen and oxygen atoms in total. The van der Waals surface area contributed by atoms with Gasteiger partial charge in [0.25, 0.3) is 0 Å². The number of amides is 1. The lowest BCUT2D eigenvalue weighted by Crippen LogP contribution is -2.28. The van der Waals surface area contributed by atoms with E-state index in [1.54, 1.807) is 6.33 Å². The van der Waals surface area contributed by atoms with Crippen LogP contribution in [0.5, 0.6) is 0 Å². The lowest BCUT2D eigenvalue weighted by atomic mass is 10.0. The fourth-order valence-corrected chi connectivity index (χ4v) is 3.54. The molecule has 1 atom stereocenters. The van der Waals surface area contributed by atoms with Gasteiger partial charge in [0.1, 0.15) is 6.33 Å². The van der Waals surface area contributed by atoms with Crippen molar-refractivity contribution < 1.29 is 4.79 Å². The largest absolute Gasteiger partial charge is 0.357 e. The fraction of sp³-hybridized carbons (Fsp3) is 0.350. The average molecular weight is 384 g/mol. The molecule has 0 aliphatic rings. The number of nitrogens with zero attached hydrogens (tertiary/aromatic N) is 4. The summed E-state index contributed by atoms with van der Waals surface area (Å²) in [6.45, 7) is 6.32. The molecule has 0 radical (unpaired) electrons. The number of aromatic nitrogens is 4. The van der Waals surface area contributed by atoms with E-state index in [-0.39, 0.29) is 11.9 Å². The molecule has 27 heavy (non-hydrogen) atoms. The van der Waals surface area contributed by atoms with Crippen molar-refractivity contribution in [2.75, 3.05) is 5.75 Å². The van der Waals surface area contributed by atoms with Crippen LogP contribution in [0.15, 0.2) is 54.2 Å². The first-order valence-electron chi connectivity index (χ1n) is 8.98. The Morgan fingerprint density at radius 2 is 1.89 bits per heavy atom. The number of aryl methyl sites for hydroxylation is 1. The maximum absolute atomic E-state index is 12.3. The Kier molecular flexibility index (Phi) is 6.01. The van der Waals surface area contributed by atoms with Crippen molar-refractivity contribution in [1.82, 2.24) is 24.6 Å². The quantitative estimate of drug-likeness (QED) is 0.632. The number of thioether (sulfide) groups is 1. The van der Waals surface area contributed by atoms with Gasteiger partial charge in [-0.05, 0) is 42.2 Å². The Labute approximate surface area is 164 Å². The summed E-state index contributed by atoms with van der Waals surface area (Å²) in [5, 5.41) is 11.9. The number of carbonyl (C=O) groups excluding carboxylic acids is 1. The van der Waals surface area contributed by atoms with E-state index in [0.29, 0.717) is 16.8 Å². The molecule has 0 aliphatic carbocycles. The van der Waals surface area contributed by atoms with Crippen LogP contribution in [0.25, 0.3) is 5.69 Å². The van der Waals surface area contributed by atoms with Crippen molar-refractivity contribution in [3.8, 4) is 5.69 Å². The van der Waals surface area contributed by atoms with Crippen molar-refractivity contribution in [2.24, 2.45) is 7.05 Å². The first kappa shape index (κ1) is 19.2. The number of benzene rings is 1. The van der Waals surface area contributed by atoms with E-state index in [1.165, 1.54) is 17.3 Å². The Balaban J connectivity index is 1.60. The fourth-order valence-electron chi connectivity index (χ4n) is 2.80. The molecular formula is C20H25N5OS. The lowest BCUT2D eigenvalue weighted by molar-refractivity contribution is -0.119. The molecule has 2 heterocycles. The molecule has 2 aromatic heterocycles. The van der Waals surface area contributed by atoms with Gasteiger partial charge in [-0.2, -0.15) is 0 Å². The van der Waals surface area contributed by atoms with Gasteiger partial charge in [0.05, 0.1) is 11.8 Å². The average Bonchev–Trinajstić information content (AvgIpc) is 3.29. The Morgan fingerprint density at radius 1 is 1.15 bits per heavy atom. The van der Waals surface area contributed by atoms with E-state index in [0.717, 1.165) is 11.3 Å². The van der Waals surface area contributed by atoms with Crippen LogP contribution in [-0.4, -0.2) is 31.0 Å². The molecule has 1 amide bonds. The van der Waals surface area contributed by atoms with Gasteiger partial charge in [0.15, 0.2) is 5.16 Å². The minimum atomic E-state index is -0.0271. The number of hydrogen-bond donors (Lipinski definition) is 1. The molecule has 3 rings (SSSR count). The maximum atomic E-state index is 12.3. The van der Waals surface area contributed by atoms with Crippen LogP contribution in [0.3, 0.4) is 0 Å². The van der Waals surface area contributed by atoms with Crippen LogP contribution in [0.1, 0.15) is 43.9 Å². The van der Waals surface area contributed by atoms with Crippen molar-refractivity contribution in [2.45, 2.75) is 37.9 Å². The zero-order valence-corrected chi connectivity index (χ0v) is 16.9. The van der Waals surface area contributed by atoms with E-state index in [4.69, 9.17) is 0 Å². The number of hydrogen-bond acceptors (Lipinski definition) is 4. The molecule has 0 saturated carbocycles. The van der Waals surface area contributed by atoms with Gasteiger partial charge in [-0.1, -0.05) is 37.7 Å². The van der Waals surface area contributed by atoms with Crippen molar-refractivity contribution in [3.63, 3.8) is 0 Å². The first-order valence-corrected chi connectivity index (χ1v) is 9.97. The van der Waals surface area contributed by atoms with Crippen LogP contribution in [0.4, 0.5) is 0 Å².